The standard InChI is InChI=1S/C24H21FN4O4S/c25-22-4-2-1-3-19(22)23(30)21-15-27-24-20(21)13-17(14-26-24)28-16-5-7-18(8-6-16)34(31,32)29-9-11-33-12-10-29/h1-8,13-15,28H,9-12H2,(H,26,27). The molecule has 0 radical (unpaired) electrons. The maximum Gasteiger partial charge on any atom is 0.243 e. The number of carbonyl (C=O) groups excluding carboxylic acids is 1. The normalized spacial score (nSPS) is 14.9. The van der Waals surface area contributed by atoms with Crippen molar-refractivity contribution < 1.29 is 22.3 Å². The second-order valence-corrected chi connectivity index (χ2v) is 9.74. The van der Waals surface area contributed by atoms with E-state index in [4.69, 9.17) is 4.74 Å². The van der Waals surface area contributed by atoms with E-state index in [0.717, 1.165) is 0 Å². The largest absolute Gasteiger partial charge is 0.379 e. The Balaban J connectivity index is 1.39. The lowest BCUT2D eigenvalue weighted by molar-refractivity contribution is 0.0730. The fourth-order valence-electron chi connectivity index (χ4n) is 3.86. The number of ether oxygens (including phenoxy) is 1. The molecule has 0 atom stereocenters. The van der Waals surface area contributed by atoms with Crippen LogP contribution in [0.25, 0.3) is 11.0 Å². The molecular formula is C24H21FN4O4S. The summed E-state index contributed by atoms with van der Waals surface area (Å²) in [5, 5.41) is 3.72. The Morgan fingerprint density at radius 1 is 1.03 bits per heavy atom. The summed E-state index contributed by atoms with van der Waals surface area (Å²) in [7, 11) is -3.58. The number of hydrogen-bond acceptors (Lipinski definition) is 6. The molecule has 0 saturated carbocycles. The number of hydrogen-bond donors (Lipinski definition) is 2. The first-order chi connectivity index (χ1) is 16.4. The maximum absolute atomic E-state index is 14.1. The number of nitrogens with one attached hydrogen (secondary N) is 2. The van der Waals surface area contributed by atoms with E-state index in [-0.39, 0.29) is 10.5 Å². The third-order valence-corrected chi connectivity index (χ3v) is 7.56. The Morgan fingerprint density at radius 3 is 2.50 bits per heavy atom. The Morgan fingerprint density at radius 2 is 1.76 bits per heavy atom. The average Bonchev–Trinajstić information content (AvgIpc) is 3.28. The quantitative estimate of drug-likeness (QED) is 0.408. The number of sulfonamides is 1. The van der Waals surface area contributed by atoms with E-state index >= 15 is 0 Å². The highest BCUT2D eigenvalue weighted by Crippen LogP contribution is 2.26. The Kier molecular flexibility index (Phi) is 5.86. The molecule has 0 unspecified atom stereocenters. The van der Waals surface area contributed by atoms with Crippen molar-refractivity contribution in [1.29, 1.82) is 0 Å². The summed E-state index contributed by atoms with van der Waals surface area (Å²) in [6.07, 6.45) is 3.11. The van der Waals surface area contributed by atoms with E-state index in [1.807, 2.05) is 0 Å². The molecule has 3 heterocycles. The van der Waals surface area contributed by atoms with Gasteiger partial charge in [-0.15, -0.1) is 0 Å². The number of rotatable bonds is 6. The lowest BCUT2D eigenvalue weighted by Crippen LogP contribution is -2.40. The SMILES string of the molecule is O=C(c1ccccc1F)c1c[nH]c2ncc(Nc3ccc(S(=O)(=O)N4CCOCC4)cc3)cc12. The van der Waals surface area contributed by atoms with Crippen molar-refractivity contribution in [2.75, 3.05) is 31.6 Å². The first-order valence-electron chi connectivity index (χ1n) is 10.6. The Bertz CT molecular complexity index is 1460. The molecule has 2 N–H and O–H groups in total. The van der Waals surface area contributed by atoms with E-state index in [1.54, 1.807) is 42.6 Å². The molecule has 2 aromatic carbocycles. The molecule has 5 rings (SSSR count). The molecule has 8 nitrogen and oxygen atoms in total. The molecule has 1 aliphatic heterocycles. The molecule has 0 amide bonds. The highest BCUT2D eigenvalue weighted by atomic mass is 32.2. The fraction of sp³-hybridized carbons (Fsp3) is 0.167. The summed E-state index contributed by atoms with van der Waals surface area (Å²) in [4.78, 5) is 20.4. The van der Waals surface area contributed by atoms with Crippen molar-refractivity contribution in [3.8, 4) is 0 Å². The number of aromatic nitrogens is 2. The first-order valence-corrected chi connectivity index (χ1v) is 12.1. The van der Waals surface area contributed by atoms with E-state index in [2.05, 4.69) is 15.3 Å². The predicted molar refractivity (Wildman–Crippen MR) is 125 cm³/mol. The minimum absolute atomic E-state index is 0.0150. The lowest BCUT2D eigenvalue weighted by Gasteiger charge is -2.26. The van der Waals surface area contributed by atoms with Gasteiger partial charge >= 0.3 is 0 Å². The minimum Gasteiger partial charge on any atom is -0.379 e. The van der Waals surface area contributed by atoms with E-state index in [9.17, 15) is 17.6 Å². The number of H-pyrrole nitrogens is 1. The molecule has 0 bridgehead atoms. The number of pyridine rings is 1. The van der Waals surface area contributed by atoms with Crippen LogP contribution in [-0.4, -0.2) is 54.8 Å². The van der Waals surface area contributed by atoms with Gasteiger partial charge in [0.25, 0.3) is 0 Å². The molecule has 174 valence electrons. The van der Waals surface area contributed by atoms with Crippen LogP contribution in [0.5, 0.6) is 0 Å². The molecule has 1 fully saturated rings. The van der Waals surface area contributed by atoms with Gasteiger partial charge in [0, 0.05) is 35.9 Å². The van der Waals surface area contributed by atoms with Crippen molar-refractivity contribution in [3.05, 3.63) is 83.9 Å². The Hall–Kier alpha value is -3.60. The molecule has 1 aliphatic rings. The molecule has 0 aliphatic carbocycles. The van der Waals surface area contributed by atoms with Gasteiger partial charge in [-0.1, -0.05) is 12.1 Å². The monoisotopic (exact) mass is 480 g/mol. The summed E-state index contributed by atoms with van der Waals surface area (Å²) in [6.45, 7) is 1.43. The number of fused-ring (bicyclic) bond motifs is 1. The zero-order chi connectivity index (χ0) is 23.7. The van der Waals surface area contributed by atoms with E-state index in [1.165, 1.54) is 28.7 Å². The highest BCUT2D eigenvalue weighted by molar-refractivity contribution is 7.89. The smallest absolute Gasteiger partial charge is 0.243 e. The van der Waals surface area contributed by atoms with Crippen LogP contribution < -0.4 is 5.32 Å². The zero-order valence-corrected chi connectivity index (χ0v) is 18.8. The van der Waals surface area contributed by atoms with Gasteiger partial charge in [-0.05, 0) is 42.5 Å². The third-order valence-electron chi connectivity index (χ3n) is 5.65. The molecule has 2 aromatic heterocycles. The Labute approximate surface area is 195 Å². The molecule has 0 spiro atoms. The molecular weight excluding hydrogens is 459 g/mol. The number of nitrogens with zero attached hydrogens (tertiary/aromatic N) is 2. The number of benzene rings is 2. The van der Waals surface area contributed by atoms with Gasteiger partial charge in [0.05, 0.1) is 35.6 Å². The predicted octanol–water partition coefficient (Wildman–Crippen LogP) is 3.70. The van der Waals surface area contributed by atoms with Crippen molar-refractivity contribution in [2.45, 2.75) is 4.90 Å². The van der Waals surface area contributed by atoms with Crippen LogP contribution in [0.4, 0.5) is 15.8 Å². The number of halogens is 1. The van der Waals surface area contributed by atoms with Gasteiger partial charge in [0.2, 0.25) is 10.0 Å². The van der Waals surface area contributed by atoms with Gasteiger partial charge in [-0.3, -0.25) is 4.79 Å². The van der Waals surface area contributed by atoms with Gasteiger partial charge in [-0.2, -0.15) is 4.31 Å². The van der Waals surface area contributed by atoms with Crippen LogP contribution in [0.2, 0.25) is 0 Å². The highest BCUT2D eigenvalue weighted by Gasteiger charge is 2.26. The second-order valence-electron chi connectivity index (χ2n) is 7.80. The van der Waals surface area contributed by atoms with Crippen LogP contribution in [0.1, 0.15) is 15.9 Å². The summed E-state index contributed by atoms with van der Waals surface area (Å²) in [5.41, 5.74) is 2.04. The second kappa shape index (κ2) is 8.98. The summed E-state index contributed by atoms with van der Waals surface area (Å²) in [6, 6.07) is 14.0. The van der Waals surface area contributed by atoms with Gasteiger partial charge in [0.1, 0.15) is 11.5 Å². The van der Waals surface area contributed by atoms with Gasteiger partial charge in [-0.25, -0.2) is 17.8 Å². The average molecular weight is 481 g/mol. The van der Waals surface area contributed by atoms with Crippen LogP contribution >= 0.6 is 0 Å². The fourth-order valence-corrected chi connectivity index (χ4v) is 5.27. The number of ketones is 1. The third kappa shape index (κ3) is 4.18. The maximum atomic E-state index is 14.1. The zero-order valence-electron chi connectivity index (χ0n) is 18.0. The molecule has 4 aromatic rings. The van der Waals surface area contributed by atoms with Crippen LogP contribution in [-0.2, 0) is 14.8 Å². The molecule has 1 saturated heterocycles. The van der Waals surface area contributed by atoms with Crippen molar-refractivity contribution in [2.24, 2.45) is 0 Å². The van der Waals surface area contributed by atoms with Crippen molar-refractivity contribution in [3.63, 3.8) is 0 Å². The van der Waals surface area contributed by atoms with E-state index < -0.39 is 21.6 Å². The lowest BCUT2D eigenvalue weighted by atomic mass is 10.0. The van der Waals surface area contributed by atoms with Crippen LogP contribution in [0.15, 0.2) is 71.9 Å². The number of carbonyl (C=O) groups is 1. The minimum atomic E-state index is -3.58. The summed E-state index contributed by atoms with van der Waals surface area (Å²) < 4.78 is 46.4. The molecule has 10 heteroatoms. The first kappa shape index (κ1) is 22.2. The van der Waals surface area contributed by atoms with Crippen molar-refractivity contribution >= 4 is 38.2 Å². The summed E-state index contributed by atoms with van der Waals surface area (Å²) in [5.74, 6) is -1.03. The van der Waals surface area contributed by atoms with Gasteiger partial charge in [0.15, 0.2) is 5.78 Å². The van der Waals surface area contributed by atoms with Gasteiger partial charge < -0.3 is 15.0 Å². The van der Waals surface area contributed by atoms with Crippen LogP contribution in [0, 0.1) is 5.82 Å². The number of anilines is 2. The summed E-state index contributed by atoms with van der Waals surface area (Å²) >= 11 is 0. The molecule has 34 heavy (non-hydrogen) atoms. The number of aromatic amines is 1. The number of morpholine rings is 1. The van der Waals surface area contributed by atoms with Crippen LogP contribution in [0.3, 0.4) is 0 Å². The van der Waals surface area contributed by atoms with Crippen molar-refractivity contribution in [1.82, 2.24) is 14.3 Å². The van der Waals surface area contributed by atoms with E-state index in [0.29, 0.717) is 54.3 Å². The topological polar surface area (TPSA) is 104 Å².